The van der Waals surface area contributed by atoms with Crippen molar-refractivity contribution in [3.8, 4) is 0 Å². The van der Waals surface area contributed by atoms with Crippen molar-refractivity contribution in [1.82, 2.24) is 0 Å². The first-order valence-electron chi connectivity index (χ1n) is 2.24. The summed E-state index contributed by atoms with van der Waals surface area (Å²) in [5.41, 5.74) is 0. The van der Waals surface area contributed by atoms with E-state index in [1.54, 1.807) is 0 Å². The summed E-state index contributed by atoms with van der Waals surface area (Å²) in [5.74, 6) is 0. The first-order chi connectivity index (χ1) is 5.12. The molecule has 1 radical (unpaired) electrons. The minimum atomic E-state index is -4.98. The van der Waals surface area contributed by atoms with Crippen molar-refractivity contribution in [2.75, 3.05) is 0 Å². The van der Waals surface area contributed by atoms with E-state index in [0.717, 1.165) is 0 Å². The number of rotatable bonds is 0. The van der Waals surface area contributed by atoms with Crippen molar-refractivity contribution >= 4 is 23.5 Å². The van der Waals surface area contributed by atoms with Crippen molar-refractivity contribution in [3.05, 3.63) is 0 Å². The predicted octanol–water partition coefficient (Wildman–Crippen LogP) is 0.348. The van der Waals surface area contributed by atoms with E-state index in [1.165, 1.54) is 0 Å². The van der Waals surface area contributed by atoms with E-state index in [2.05, 4.69) is 12.9 Å². The van der Waals surface area contributed by atoms with Crippen LogP contribution in [0.3, 0.4) is 0 Å². The Labute approximate surface area is 85.2 Å². The van der Waals surface area contributed by atoms with Crippen LogP contribution >= 0.6 is 23.5 Å². The summed E-state index contributed by atoms with van der Waals surface area (Å²) in [6.45, 7) is 0. The molecule has 0 aromatic carbocycles. The average molecular weight is 339 g/mol. The van der Waals surface area contributed by atoms with Gasteiger partial charge in [0.25, 0.3) is 0 Å². The quantitative estimate of drug-likeness (QED) is 0.533. The van der Waals surface area contributed by atoms with Gasteiger partial charge in [-0.05, 0) is 0 Å². The molecule has 0 aromatic heterocycles. The van der Waals surface area contributed by atoms with E-state index in [0.29, 0.717) is 0 Å². The van der Waals surface area contributed by atoms with Crippen LogP contribution in [0.2, 0.25) is 0 Å². The molecule has 0 atom stereocenters. The zero-order chi connectivity index (χ0) is 9.62. The molecule has 0 aromatic rings. The third-order valence-electron chi connectivity index (χ3n) is 0.619. The zero-order valence-electron chi connectivity index (χ0n) is 5.51. The third-order valence-corrected chi connectivity index (χ3v) is 5.57. The molecular weight excluding hydrogens is 336 g/mol. The van der Waals surface area contributed by atoms with Crippen LogP contribution in [0, 0.1) is 0 Å². The van der Waals surface area contributed by atoms with Gasteiger partial charge in [-0.3, -0.25) is 0 Å². The van der Waals surface area contributed by atoms with Gasteiger partial charge in [-0.1, -0.05) is 0 Å². The van der Waals surface area contributed by atoms with Crippen LogP contribution in [-0.4, -0.2) is 14.7 Å². The van der Waals surface area contributed by atoms with E-state index < -0.39 is 23.5 Å². The maximum atomic E-state index is 10.4. The fourth-order valence-electron chi connectivity index (χ4n) is 0.436. The van der Waals surface area contributed by atoms with E-state index in [1.807, 2.05) is 0 Å². The van der Waals surface area contributed by atoms with Crippen LogP contribution in [0.25, 0.3) is 0 Å². The van der Waals surface area contributed by atoms with E-state index in [4.69, 9.17) is 14.7 Å². The minimum absolute atomic E-state index is 0. The van der Waals surface area contributed by atoms with Gasteiger partial charge in [-0.25, -0.2) is 13.7 Å². The Morgan fingerprint density at radius 3 is 1.00 bits per heavy atom. The van der Waals surface area contributed by atoms with E-state index >= 15 is 0 Å². The summed E-state index contributed by atoms with van der Waals surface area (Å²) in [6, 6.07) is 0. The van der Waals surface area contributed by atoms with Crippen molar-refractivity contribution < 1.29 is 61.4 Å². The largest absolute Gasteiger partial charge is 0.490 e. The van der Waals surface area contributed by atoms with Gasteiger partial charge in [0.2, 0.25) is 0 Å². The van der Waals surface area contributed by atoms with Gasteiger partial charge in [0.15, 0.2) is 0 Å². The summed E-state index contributed by atoms with van der Waals surface area (Å²) in [4.78, 5) is 25.2. The van der Waals surface area contributed by atoms with Crippen LogP contribution < -0.4 is 0 Å². The molecule has 0 aliphatic carbocycles. The van der Waals surface area contributed by atoms with Crippen LogP contribution in [0.5, 0.6) is 0 Å². The van der Waals surface area contributed by atoms with E-state index in [9.17, 15) is 13.7 Å². The molecule has 1 aliphatic rings. The number of phosphoric acid groups is 3. The fraction of sp³-hybridized carbons (Fsp3) is 0. The summed E-state index contributed by atoms with van der Waals surface area (Å²) in [5, 5.41) is 0. The zero-order valence-corrected chi connectivity index (χ0v) is 10.1. The smallest absolute Gasteiger partial charge is 0.302 e. The Bertz CT molecular complexity index is 259. The Hall–Kier alpha value is 1.10. The average Bonchev–Trinajstić information content (AvgIpc) is 1.44. The van der Waals surface area contributed by atoms with Crippen molar-refractivity contribution in [1.29, 1.82) is 0 Å². The Morgan fingerprint density at radius 2 is 0.846 bits per heavy atom. The maximum absolute atomic E-state index is 10.4. The SMILES string of the molecule is O=P1(O)OP(=O)(O)OP(=O)(O)O1.[99Tc]. The van der Waals surface area contributed by atoms with Gasteiger partial charge in [-0.15, -0.1) is 0 Å². The topological polar surface area (TPSA) is 140 Å². The standard InChI is InChI=1S/H3O9P3.Tc/c1-10(2)7-11(3,4)9-12(5,6)8-10;/h(H,1,2)(H,3,4)(H,5,6);/i;1+1. The molecule has 79 valence electrons. The predicted molar refractivity (Wildman–Crippen MR) is 32.7 cm³/mol. The first kappa shape index (κ1) is 14.1. The van der Waals surface area contributed by atoms with Crippen LogP contribution in [0.4, 0.5) is 0 Å². The molecule has 3 N–H and O–H groups in total. The molecule has 0 unspecified atom stereocenters. The molecule has 1 fully saturated rings. The van der Waals surface area contributed by atoms with Crippen LogP contribution in [0.15, 0.2) is 0 Å². The molecule has 1 saturated heterocycles. The van der Waals surface area contributed by atoms with Crippen molar-refractivity contribution in [2.45, 2.75) is 0 Å². The molecule has 13 heteroatoms. The molecule has 0 bridgehead atoms. The van der Waals surface area contributed by atoms with E-state index in [-0.39, 0.29) is 20.1 Å². The maximum Gasteiger partial charge on any atom is 0.490 e. The summed E-state index contributed by atoms with van der Waals surface area (Å²) in [6.07, 6.45) is 0. The van der Waals surface area contributed by atoms with Crippen LogP contribution in [-0.2, 0) is 46.7 Å². The van der Waals surface area contributed by atoms with Crippen molar-refractivity contribution in [3.63, 3.8) is 0 Å². The second-order valence-electron chi connectivity index (χ2n) is 1.65. The van der Waals surface area contributed by atoms with Gasteiger partial charge >= 0.3 is 23.5 Å². The van der Waals surface area contributed by atoms with Gasteiger partial charge in [0, 0.05) is 20.1 Å². The molecule has 0 amide bonds. The molecule has 1 heterocycles. The van der Waals surface area contributed by atoms with Crippen molar-refractivity contribution in [2.24, 2.45) is 0 Å². The third kappa shape index (κ3) is 4.42. The second-order valence-corrected chi connectivity index (χ2v) is 6.42. The Morgan fingerprint density at radius 1 is 0.692 bits per heavy atom. The first-order valence-corrected chi connectivity index (χ1v) is 6.73. The second kappa shape index (κ2) is 3.93. The Kier molecular flexibility index (Phi) is 4.26. The number of hydrogen-bond acceptors (Lipinski definition) is 6. The summed E-state index contributed by atoms with van der Waals surface area (Å²) >= 11 is 0. The van der Waals surface area contributed by atoms with Gasteiger partial charge in [0.1, 0.15) is 0 Å². The molecule has 9 nitrogen and oxygen atoms in total. The number of hydrogen-bond donors (Lipinski definition) is 3. The van der Waals surface area contributed by atoms with Gasteiger partial charge < -0.3 is 14.7 Å². The summed E-state index contributed by atoms with van der Waals surface area (Å²) in [7, 11) is -14.9. The van der Waals surface area contributed by atoms with Gasteiger partial charge in [-0.2, -0.15) is 12.9 Å². The molecule has 1 aliphatic heterocycles. The molecule has 0 saturated carbocycles. The molecular formula is H3O9P3Tc. The normalized spacial score (nSPS) is 51.0. The monoisotopic (exact) mass is 339 g/mol. The van der Waals surface area contributed by atoms with Crippen LogP contribution in [0.1, 0.15) is 0 Å². The molecule has 13 heavy (non-hydrogen) atoms. The fourth-order valence-corrected chi connectivity index (χ4v) is 4.73. The Balaban J connectivity index is 0.00000144. The molecule has 0 spiro atoms. The minimum Gasteiger partial charge on any atom is -0.302 e. The summed E-state index contributed by atoms with van der Waals surface area (Å²) < 4.78 is 41.6. The van der Waals surface area contributed by atoms with Gasteiger partial charge in [0.05, 0.1) is 0 Å². The molecule has 1 rings (SSSR count).